The van der Waals surface area contributed by atoms with E-state index in [1.54, 1.807) is 0 Å². The number of hydrogen-bond donors (Lipinski definition) is 1. The van der Waals surface area contributed by atoms with E-state index in [1.165, 1.54) is 11.1 Å². The molecule has 1 aromatic carbocycles. The van der Waals surface area contributed by atoms with Crippen molar-refractivity contribution in [2.24, 2.45) is 5.92 Å². The highest BCUT2D eigenvalue weighted by Crippen LogP contribution is 2.34. The molecule has 0 saturated carbocycles. The summed E-state index contributed by atoms with van der Waals surface area (Å²) < 4.78 is 5.83. The fourth-order valence-corrected chi connectivity index (χ4v) is 2.57. The average molecular weight is 248 g/mol. The van der Waals surface area contributed by atoms with E-state index < -0.39 is 0 Å². The molecule has 0 spiro atoms. The highest BCUT2D eigenvalue weighted by molar-refractivity contribution is 5.29. The second-order valence-corrected chi connectivity index (χ2v) is 6.25. The van der Waals surface area contributed by atoms with Crippen LogP contribution >= 0.6 is 0 Å². The van der Waals surface area contributed by atoms with Gasteiger partial charge in [0.25, 0.3) is 0 Å². The molecule has 18 heavy (non-hydrogen) atoms. The minimum Gasteiger partial charge on any atom is -0.396 e. The summed E-state index contributed by atoms with van der Waals surface area (Å²) in [6, 6.07) is 8.67. The van der Waals surface area contributed by atoms with Crippen molar-refractivity contribution in [3.05, 3.63) is 35.4 Å². The van der Waals surface area contributed by atoms with E-state index in [-0.39, 0.29) is 24.0 Å². The Bertz CT molecular complexity index is 375. The molecule has 1 aromatic rings. The second-order valence-electron chi connectivity index (χ2n) is 6.25. The number of aliphatic hydroxyl groups excluding tert-OH is 1. The van der Waals surface area contributed by atoms with Crippen LogP contribution in [0.2, 0.25) is 0 Å². The van der Waals surface area contributed by atoms with E-state index in [0.717, 1.165) is 19.4 Å². The van der Waals surface area contributed by atoms with Crippen molar-refractivity contribution in [1.82, 2.24) is 0 Å². The summed E-state index contributed by atoms with van der Waals surface area (Å²) in [6.45, 7) is 7.68. The molecule has 100 valence electrons. The SMILES string of the molecule is CC(C)(C)c1ccc(C2OCCCC2CO)cc1. The van der Waals surface area contributed by atoms with Crippen LogP contribution in [0, 0.1) is 5.92 Å². The van der Waals surface area contributed by atoms with Crippen molar-refractivity contribution in [1.29, 1.82) is 0 Å². The van der Waals surface area contributed by atoms with Crippen molar-refractivity contribution >= 4 is 0 Å². The van der Waals surface area contributed by atoms with E-state index >= 15 is 0 Å². The molecular formula is C16H24O2. The van der Waals surface area contributed by atoms with Crippen LogP contribution < -0.4 is 0 Å². The van der Waals surface area contributed by atoms with Gasteiger partial charge < -0.3 is 9.84 Å². The summed E-state index contributed by atoms with van der Waals surface area (Å²) in [4.78, 5) is 0. The summed E-state index contributed by atoms with van der Waals surface area (Å²) in [7, 11) is 0. The predicted molar refractivity (Wildman–Crippen MR) is 73.6 cm³/mol. The quantitative estimate of drug-likeness (QED) is 0.868. The van der Waals surface area contributed by atoms with Gasteiger partial charge in [-0.25, -0.2) is 0 Å². The molecule has 2 rings (SSSR count). The summed E-state index contributed by atoms with van der Waals surface area (Å²) in [5, 5.41) is 9.43. The minimum atomic E-state index is 0.0674. The Morgan fingerprint density at radius 2 is 1.89 bits per heavy atom. The molecule has 1 aliphatic heterocycles. The Balaban J connectivity index is 2.18. The fraction of sp³-hybridized carbons (Fsp3) is 0.625. The second kappa shape index (κ2) is 5.41. The van der Waals surface area contributed by atoms with Crippen molar-refractivity contribution in [3.63, 3.8) is 0 Å². The first-order valence-corrected chi connectivity index (χ1v) is 6.85. The van der Waals surface area contributed by atoms with E-state index in [1.807, 2.05) is 0 Å². The lowest BCUT2D eigenvalue weighted by molar-refractivity contribution is -0.0457. The van der Waals surface area contributed by atoms with Crippen molar-refractivity contribution < 1.29 is 9.84 Å². The van der Waals surface area contributed by atoms with Crippen LogP contribution in [0.4, 0.5) is 0 Å². The predicted octanol–water partition coefficient (Wildman–Crippen LogP) is 3.44. The Morgan fingerprint density at radius 1 is 1.22 bits per heavy atom. The minimum absolute atomic E-state index is 0.0674. The molecule has 1 saturated heterocycles. The van der Waals surface area contributed by atoms with Gasteiger partial charge in [0, 0.05) is 19.1 Å². The highest BCUT2D eigenvalue weighted by Gasteiger charge is 2.27. The number of aliphatic hydroxyl groups is 1. The molecule has 0 radical (unpaired) electrons. The Hall–Kier alpha value is -0.860. The maximum Gasteiger partial charge on any atom is 0.0874 e. The third kappa shape index (κ3) is 2.93. The van der Waals surface area contributed by atoms with Gasteiger partial charge in [0.1, 0.15) is 0 Å². The number of hydrogen-bond acceptors (Lipinski definition) is 2. The van der Waals surface area contributed by atoms with Crippen LogP contribution in [0.15, 0.2) is 24.3 Å². The Kier molecular flexibility index (Phi) is 4.08. The first kappa shape index (κ1) is 13.6. The number of rotatable bonds is 2. The van der Waals surface area contributed by atoms with Gasteiger partial charge in [-0.1, -0.05) is 45.0 Å². The van der Waals surface area contributed by atoms with Crippen LogP contribution in [0.3, 0.4) is 0 Å². The first-order valence-electron chi connectivity index (χ1n) is 6.85. The Morgan fingerprint density at radius 3 is 2.44 bits per heavy atom. The first-order chi connectivity index (χ1) is 8.52. The van der Waals surface area contributed by atoms with Crippen LogP contribution in [0.1, 0.15) is 50.8 Å². The monoisotopic (exact) mass is 248 g/mol. The van der Waals surface area contributed by atoms with Gasteiger partial charge in [0.05, 0.1) is 6.10 Å². The summed E-state index contributed by atoms with van der Waals surface area (Å²) in [5.74, 6) is 0.249. The van der Waals surface area contributed by atoms with Crippen molar-refractivity contribution in [2.75, 3.05) is 13.2 Å². The van der Waals surface area contributed by atoms with E-state index in [9.17, 15) is 5.11 Å². The smallest absolute Gasteiger partial charge is 0.0874 e. The average Bonchev–Trinajstić information content (AvgIpc) is 2.38. The zero-order chi connectivity index (χ0) is 13.2. The normalized spacial score (nSPS) is 25.1. The molecule has 0 aromatic heterocycles. The topological polar surface area (TPSA) is 29.5 Å². The summed E-state index contributed by atoms with van der Waals surface area (Å²) in [6.07, 6.45) is 2.18. The molecule has 1 heterocycles. The van der Waals surface area contributed by atoms with Crippen LogP contribution in [-0.4, -0.2) is 18.3 Å². The molecule has 2 unspecified atom stereocenters. The van der Waals surface area contributed by atoms with E-state index in [4.69, 9.17) is 4.74 Å². The van der Waals surface area contributed by atoms with Gasteiger partial charge in [-0.3, -0.25) is 0 Å². The summed E-state index contributed by atoms with van der Waals surface area (Å²) >= 11 is 0. The largest absolute Gasteiger partial charge is 0.396 e. The van der Waals surface area contributed by atoms with Crippen LogP contribution in [0.25, 0.3) is 0 Å². The third-order valence-electron chi connectivity index (χ3n) is 3.78. The Labute approximate surface area is 110 Å². The zero-order valence-corrected chi connectivity index (χ0v) is 11.6. The van der Waals surface area contributed by atoms with Crippen LogP contribution in [0.5, 0.6) is 0 Å². The molecule has 2 heteroatoms. The standard InChI is InChI=1S/C16H24O2/c1-16(2,3)14-8-6-12(7-9-14)15-13(11-17)5-4-10-18-15/h6-9,13,15,17H,4-5,10-11H2,1-3H3. The zero-order valence-electron chi connectivity index (χ0n) is 11.6. The van der Waals surface area contributed by atoms with Gasteiger partial charge in [-0.15, -0.1) is 0 Å². The van der Waals surface area contributed by atoms with Gasteiger partial charge in [-0.05, 0) is 29.4 Å². The molecule has 1 N–H and O–H groups in total. The van der Waals surface area contributed by atoms with Gasteiger partial charge in [0.2, 0.25) is 0 Å². The van der Waals surface area contributed by atoms with E-state index in [2.05, 4.69) is 45.0 Å². The molecule has 2 atom stereocenters. The van der Waals surface area contributed by atoms with E-state index in [0.29, 0.717) is 0 Å². The van der Waals surface area contributed by atoms with Gasteiger partial charge in [0.15, 0.2) is 0 Å². The number of ether oxygens (including phenoxy) is 1. The maximum atomic E-state index is 9.43. The third-order valence-corrected chi connectivity index (χ3v) is 3.78. The lowest BCUT2D eigenvalue weighted by atomic mass is 9.84. The van der Waals surface area contributed by atoms with Crippen molar-refractivity contribution in [2.45, 2.75) is 45.1 Å². The highest BCUT2D eigenvalue weighted by atomic mass is 16.5. The molecule has 0 bridgehead atoms. The molecule has 1 aliphatic rings. The van der Waals surface area contributed by atoms with Gasteiger partial charge in [-0.2, -0.15) is 0 Å². The lowest BCUT2D eigenvalue weighted by Crippen LogP contribution is -2.25. The molecule has 1 fully saturated rings. The molecule has 2 nitrogen and oxygen atoms in total. The van der Waals surface area contributed by atoms with Crippen LogP contribution in [-0.2, 0) is 10.2 Å². The molecule has 0 aliphatic carbocycles. The maximum absolute atomic E-state index is 9.43. The summed E-state index contributed by atoms with van der Waals surface area (Å²) in [5.41, 5.74) is 2.71. The molecular weight excluding hydrogens is 224 g/mol. The molecule has 0 amide bonds. The van der Waals surface area contributed by atoms with Crippen molar-refractivity contribution in [3.8, 4) is 0 Å². The number of benzene rings is 1. The lowest BCUT2D eigenvalue weighted by Gasteiger charge is -2.31. The fourth-order valence-electron chi connectivity index (χ4n) is 2.57. The van der Waals surface area contributed by atoms with Gasteiger partial charge >= 0.3 is 0 Å².